The van der Waals surface area contributed by atoms with Gasteiger partial charge < -0.3 is 5.32 Å². The molecule has 4 nitrogen and oxygen atoms in total. The van der Waals surface area contributed by atoms with Gasteiger partial charge in [-0.1, -0.05) is 15.9 Å². The van der Waals surface area contributed by atoms with Crippen molar-refractivity contribution in [2.45, 2.75) is 4.90 Å². The van der Waals surface area contributed by atoms with Crippen LogP contribution in [-0.2, 0) is 10.0 Å². The lowest BCUT2D eigenvalue weighted by molar-refractivity contribution is 0.358. The molecule has 18 heavy (non-hydrogen) atoms. The van der Waals surface area contributed by atoms with Crippen molar-refractivity contribution in [2.75, 3.05) is 26.2 Å². The summed E-state index contributed by atoms with van der Waals surface area (Å²) in [5, 5.41) is 3.05. The average molecular weight is 360 g/mol. The molecule has 0 aromatic heterocycles. The molecule has 1 aliphatic heterocycles. The lowest BCUT2D eigenvalue weighted by Crippen LogP contribution is -2.46. The van der Waals surface area contributed by atoms with E-state index < -0.39 is 15.8 Å². The molecule has 1 heterocycles. The van der Waals surface area contributed by atoms with Crippen LogP contribution in [0.1, 0.15) is 0 Å². The highest BCUT2D eigenvalue weighted by Crippen LogP contribution is 2.22. The molecular formula is C10H13BrClFN2O2S. The van der Waals surface area contributed by atoms with Crippen molar-refractivity contribution in [3.63, 3.8) is 0 Å². The molecule has 0 radical (unpaired) electrons. The zero-order chi connectivity index (χ0) is 12.5. The SMILES string of the molecule is Cl.O=S(=O)(c1ccc(Br)cc1F)N1CCNCC1. The van der Waals surface area contributed by atoms with Gasteiger partial charge in [-0.3, -0.25) is 0 Å². The highest BCUT2D eigenvalue weighted by atomic mass is 79.9. The van der Waals surface area contributed by atoms with Crippen molar-refractivity contribution in [3.05, 3.63) is 28.5 Å². The molecular weight excluding hydrogens is 347 g/mol. The third kappa shape index (κ3) is 3.21. The zero-order valence-electron chi connectivity index (χ0n) is 9.40. The highest BCUT2D eigenvalue weighted by Gasteiger charge is 2.28. The third-order valence-electron chi connectivity index (χ3n) is 2.59. The van der Waals surface area contributed by atoms with Crippen LogP contribution >= 0.6 is 28.3 Å². The van der Waals surface area contributed by atoms with Crippen LogP contribution in [0.15, 0.2) is 27.6 Å². The fourth-order valence-electron chi connectivity index (χ4n) is 1.71. The quantitative estimate of drug-likeness (QED) is 0.873. The molecule has 1 fully saturated rings. The first-order valence-electron chi connectivity index (χ1n) is 5.18. The molecule has 1 N–H and O–H groups in total. The molecule has 0 unspecified atom stereocenters. The Hall–Kier alpha value is -0.210. The summed E-state index contributed by atoms with van der Waals surface area (Å²) in [6.07, 6.45) is 0. The van der Waals surface area contributed by atoms with Gasteiger partial charge in [0.15, 0.2) is 0 Å². The van der Waals surface area contributed by atoms with E-state index in [0.29, 0.717) is 30.7 Å². The van der Waals surface area contributed by atoms with Gasteiger partial charge in [0.1, 0.15) is 10.7 Å². The summed E-state index contributed by atoms with van der Waals surface area (Å²) in [5.74, 6) is -0.724. The molecule has 0 aliphatic carbocycles. The van der Waals surface area contributed by atoms with Gasteiger partial charge in [-0.2, -0.15) is 4.31 Å². The van der Waals surface area contributed by atoms with Crippen LogP contribution in [0.5, 0.6) is 0 Å². The van der Waals surface area contributed by atoms with Crippen LogP contribution < -0.4 is 5.32 Å². The van der Waals surface area contributed by atoms with Crippen molar-refractivity contribution in [2.24, 2.45) is 0 Å². The first-order chi connectivity index (χ1) is 8.01. The molecule has 1 aromatic rings. The molecule has 1 saturated heterocycles. The van der Waals surface area contributed by atoms with Gasteiger partial charge in [0, 0.05) is 30.7 Å². The van der Waals surface area contributed by atoms with E-state index >= 15 is 0 Å². The number of hydrogen-bond donors (Lipinski definition) is 1. The summed E-state index contributed by atoms with van der Waals surface area (Å²) < 4.78 is 39.8. The molecule has 0 atom stereocenters. The van der Waals surface area contributed by atoms with Crippen molar-refractivity contribution in [1.29, 1.82) is 0 Å². The predicted molar refractivity (Wildman–Crippen MR) is 73.0 cm³/mol. The van der Waals surface area contributed by atoms with E-state index in [9.17, 15) is 12.8 Å². The summed E-state index contributed by atoms with van der Waals surface area (Å²) in [5.41, 5.74) is 0. The number of benzene rings is 1. The molecule has 102 valence electrons. The van der Waals surface area contributed by atoms with Gasteiger partial charge in [-0.25, -0.2) is 12.8 Å². The van der Waals surface area contributed by atoms with Gasteiger partial charge in [0.05, 0.1) is 0 Å². The van der Waals surface area contributed by atoms with Crippen molar-refractivity contribution in [1.82, 2.24) is 9.62 Å². The maximum Gasteiger partial charge on any atom is 0.246 e. The number of rotatable bonds is 2. The Morgan fingerprint density at radius 1 is 1.28 bits per heavy atom. The third-order valence-corrected chi connectivity index (χ3v) is 5.01. The second-order valence-electron chi connectivity index (χ2n) is 3.73. The maximum atomic E-state index is 13.6. The van der Waals surface area contributed by atoms with Crippen LogP contribution in [0.4, 0.5) is 4.39 Å². The van der Waals surface area contributed by atoms with E-state index in [1.54, 1.807) is 0 Å². The van der Waals surface area contributed by atoms with E-state index in [4.69, 9.17) is 0 Å². The van der Waals surface area contributed by atoms with Crippen molar-refractivity contribution >= 4 is 38.4 Å². The average Bonchev–Trinajstić information content (AvgIpc) is 2.29. The van der Waals surface area contributed by atoms with E-state index in [1.807, 2.05) is 0 Å². The summed E-state index contributed by atoms with van der Waals surface area (Å²) in [4.78, 5) is -0.261. The van der Waals surface area contributed by atoms with E-state index in [1.165, 1.54) is 16.4 Å². The van der Waals surface area contributed by atoms with Crippen molar-refractivity contribution < 1.29 is 12.8 Å². The number of nitrogens with zero attached hydrogens (tertiary/aromatic N) is 1. The Kier molecular flexibility index (Phi) is 5.54. The van der Waals surface area contributed by atoms with Gasteiger partial charge in [-0.15, -0.1) is 12.4 Å². The minimum absolute atomic E-state index is 0. The lowest BCUT2D eigenvalue weighted by atomic mass is 10.3. The summed E-state index contributed by atoms with van der Waals surface area (Å²) in [6, 6.07) is 3.98. The molecule has 0 spiro atoms. The minimum Gasteiger partial charge on any atom is -0.314 e. The Morgan fingerprint density at radius 3 is 2.44 bits per heavy atom. The Bertz CT molecular complexity index is 521. The van der Waals surface area contributed by atoms with Crippen LogP contribution in [-0.4, -0.2) is 38.9 Å². The van der Waals surface area contributed by atoms with E-state index in [-0.39, 0.29) is 17.3 Å². The molecule has 1 aromatic carbocycles. The lowest BCUT2D eigenvalue weighted by Gasteiger charge is -2.26. The highest BCUT2D eigenvalue weighted by molar-refractivity contribution is 9.10. The molecule has 0 bridgehead atoms. The van der Waals surface area contributed by atoms with Crippen molar-refractivity contribution in [3.8, 4) is 0 Å². The number of nitrogens with one attached hydrogen (secondary N) is 1. The van der Waals surface area contributed by atoms with Gasteiger partial charge in [0.2, 0.25) is 10.0 Å². The smallest absolute Gasteiger partial charge is 0.246 e. The number of hydrogen-bond acceptors (Lipinski definition) is 3. The Labute approximate surface area is 120 Å². The standard InChI is InChI=1S/C10H12BrFN2O2S.ClH/c11-8-1-2-10(9(12)7-8)17(15,16)14-5-3-13-4-6-14;/h1-2,7,13H,3-6H2;1H. The molecule has 2 rings (SSSR count). The predicted octanol–water partition coefficient (Wildman–Crippen LogP) is 1.60. The fraction of sp³-hybridized carbons (Fsp3) is 0.400. The fourth-order valence-corrected chi connectivity index (χ4v) is 3.53. The maximum absolute atomic E-state index is 13.6. The Balaban J connectivity index is 0.00000162. The largest absolute Gasteiger partial charge is 0.314 e. The van der Waals surface area contributed by atoms with Crippen LogP contribution in [0, 0.1) is 5.82 Å². The normalized spacial score (nSPS) is 17.2. The summed E-state index contributed by atoms with van der Waals surface area (Å²) in [7, 11) is -3.71. The van der Waals surface area contributed by atoms with Gasteiger partial charge in [0.25, 0.3) is 0 Å². The molecule has 1 aliphatic rings. The summed E-state index contributed by atoms with van der Waals surface area (Å²) in [6.45, 7) is 1.93. The van der Waals surface area contributed by atoms with Gasteiger partial charge >= 0.3 is 0 Å². The molecule has 0 amide bonds. The monoisotopic (exact) mass is 358 g/mol. The molecule has 8 heteroatoms. The van der Waals surface area contributed by atoms with E-state index in [2.05, 4.69) is 21.2 Å². The first kappa shape index (κ1) is 15.8. The summed E-state index contributed by atoms with van der Waals surface area (Å²) >= 11 is 3.10. The van der Waals surface area contributed by atoms with Crippen LogP contribution in [0.3, 0.4) is 0 Å². The minimum atomic E-state index is -3.71. The van der Waals surface area contributed by atoms with Crippen LogP contribution in [0.2, 0.25) is 0 Å². The van der Waals surface area contributed by atoms with E-state index in [0.717, 1.165) is 6.07 Å². The molecule has 0 saturated carbocycles. The van der Waals surface area contributed by atoms with Gasteiger partial charge in [-0.05, 0) is 18.2 Å². The zero-order valence-corrected chi connectivity index (χ0v) is 12.6. The first-order valence-corrected chi connectivity index (χ1v) is 7.41. The number of piperazine rings is 1. The van der Waals surface area contributed by atoms with Crippen LogP contribution in [0.25, 0.3) is 0 Å². The number of sulfonamides is 1. The Morgan fingerprint density at radius 2 is 1.89 bits per heavy atom. The second-order valence-corrected chi connectivity index (χ2v) is 6.55. The number of halogens is 3. The second kappa shape index (κ2) is 6.29. The topological polar surface area (TPSA) is 49.4 Å².